The fraction of sp³-hybridized carbons (Fsp3) is 0.231. The Morgan fingerprint density at radius 2 is 1.71 bits per heavy atom. The van der Waals surface area contributed by atoms with Crippen LogP contribution in [0.4, 0.5) is 30.7 Å². The van der Waals surface area contributed by atoms with Crippen LogP contribution in [0.15, 0.2) is 39.3 Å². The monoisotopic (exact) mass is 375 g/mol. The average Bonchev–Trinajstić information content (AvgIpc) is 2.45. The Bertz CT molecular complexity index is 857. The molecule has 0 unspecified atom stereocenters. The summed E-state index contributed by atoms with van der Waals surface area (Å²) in [5.74, 6) is -16.3. The molecule has 0 saturated carbocycles. The highest BCUT2D eigenvalue weighted by atomic mass is 35.5. The van der Waals surface area contributed by atoms with Gasteiger partial charge in [-0.1, -0.05) is 12.1 Å². The van der Waals surface area contributed by atoms with Gasteiger partial charge in [0.15, 0.2) is 5.83 Å². The van der Waals surface area contributed by atoms with Crippen molar-refractivity contribution in [2.24, 2.45) is 0 Å². The predicted molar refractivity (Wildman–Crippen MR) is 70.1 cm³/mol. The van der Waals surface area contributed by atoms with Crippen molar-refractivity contribution in [1.29, 1.82) is 0 Å². The highest BCUT2D eigenvalue weighted by Crippen LogP contribution is 2.51. The number of rotatable bonds is 4. The van der Waals surface area contributed by atoms with E-state index in [-0.39, 0.29) is 17.0 Å². The van der Waals surface area contributed by atoms with Gasteiger partial charge in [0.25, 0.3) is 0 Å². The number of allylic oxidation sites excluding steroid dienone is 1. The summed E-state index contributed by atoms with van der Waals surface area (Å²) in [6, 6.07) is 5.32. The average molecular weight is 376 g/mol. The van der Waals surface area contributed by atoms with Gasteiger partial charge in [-0.25, -0.2) is 14.2 Å². The number of hydrogen-bond donors (Lipinski definition) is 0. The highest BCUT2D eigenvalue weighted by Gasteiger charge is 2.73. The van der Waals surface area contributed by atoms with Gasteiger partial charge in [0.05, 0.1) is 10.9 Å². The van der Waals surface area contributed by atoms with E-state index in [1.54, 1.807) is 0 Å². The Morgan fingerprint density at radius 1 is 1.12 bits per heavy atom. The molecule has 3 nitrogen and oxygen atoms in total. The molecule has 0 radical (unpaired) electrons. The maximum absolute atomic E-state index is 13.5. The third-order valence-electron chi connectivity index (χ3n) is 2.85. The van der Waals surface area contributed by atoms with Crippen molar-refractivity contribution < 1.29 is 35.2 Å². The molecule has 11 heteroatoms. The third-order valence-corrected chi connectivity index (χ3v) is 3.09. The van der Waals surface area contributed by atoms with Gasteiger partial charge in [-0.15, -0.1) is 0 Å². The van der Waals surface area contributed by atoms with Crippen molar-refractivity contribution in [3.63, 3.8) is 0 Å². The molecule has 1 aromatic heterocycles. The molecular weight excluding hydrogens is 371 g/mol. The first kappa shape index (κ1) is 18.2. The molecule has 130 valence electrons. The number of hydrogen-bond acceptors (Lipinski definition) is 3. The van der Waals surface area contributed by atoms with Crippen LogP contribution in [0.1, 0.15) is 5.89 Å². The summed E-state index contributed by atoms with van der Waals surface area (Å²) in [7, 11) is 0. The van der Waals surface area contributed by atoms with Crippen LogP contribution < -0.4 is 5.63 Å². The highest BCUT2D eigenvalue weighted by molar-refractivity contribution is 6.22. The van der Waals surface area contributed by atoms with Crippen molar-refractivity contribution in [1.82, 2.24) is 4.98 Å². The maximum atomic E-state index is 13.5. The summed E-state index contributed by atoms with van der Waals surface area (Å²) >= 11 is 3.91. The molecule has 0 aliphatic rings. The lowest BCUT2D eigenvalue weighted by molar-refractivity contribution is -0.268. The third kappa shape index (κ3) is 2.97. The number of alkyl halides is 7. The second-order valence-electron chi connectivity index (χ2n) is 4.50. The molecule has 0 saturated heterocycles. The van der Waals surface area contributed by atoms with Crippen LogP contribution in [0.5, 0.6) is 0 Å². The molecule has 1 aromatic carbocycles. The zero-order valence-electron chi connectivity index (χ0n) is 11.2. The number of aromatic nitrogens is 1. The Balaban J connectivity index is 2.53. The fourth-order valence-corrected chi connectivity index (χ4v) is 1.74. The van der Waals surface area contributed by atoms with Crippen LogP contribution in [-0.4, -0.2) is 22.2 Å². The summed E-state index contributed by atoms with van der Waals surface area (Å²) < 4.78 is 95.2. The Labute approximate surface area is 133 Å². The SMILES string of the molecule is O=c1oc(/C=C(\F)C(F)(F)C(F)(F)C(F)(F)Cl)nc2ccccc12. The molecule has 0 amide bonds. The van der Waals surface area contributed by atoms with E-state index in [9.17, 15) is 35.5 Å². The largest absolute Gasteiger partial charge is 0.404 e. The Hall–Kier alpha value is -2.10. The van der Waals surface area contributed by atoms with E-state index in [0.29, 0.717) is 0 Å². The van der Waals surface area contributed by atoms with Crippen molar-refractivity contribution in [3.8, 4) is 0 Å². The van der Waals surface area contributed by atoms with Crippen molar-refractivity contribution in [3.05, 3.63) is 46.4 Å². The Kier molecular flexibility index (Phi) is 4.38. The van der Waals surface area contributed by atoms with E-state index in [0.717, 1.165) is 0 Å². The fourth-order valence-electron chi connectivity index (χ4n) is 1.62. The molecule has 24 heavy (non-hydrogen) atoms. The minimum absolute atomic E-state index is 0.0839. The van der Waals surface area contributed by atoms with Gasteiger partial charge in [-0.05, 0) is 23.7 Å². The van der Waals surface area contributed by atoms with E-state index in [2.05, 4.69) is 21.0 Å². The first-order valence-corrected chi connectivity index (χ1v) is 6.35. The summed E-state index contributed by atoms with van der Waals surface area (Å²) in [4.78, 5) is 15.0. The zero-order chi connectivity index (χ0) is 18.3. The molecule has 2 aromatic rings. The van der Waals surface area contributed by atoms with E-state index >= 15 is 0 Å². The number of benzene rings is 1. The van der Waals surface area contributed by atoms with Crippen LogP contribution in [0.25, 0.3) is 17.0 Å². The maximum Gasteiger partial charge on any atom is 0.393 e. The Morgan fingerprint density at radius 3 is 2.29 bits per heavy atom. The van der Waals surface area contributed by atoms with Gasteiger partial charge in [0.2, 0.25) is 5.89 Å². The van der Waals surface area contributed by atoms with Crippen molar-refractivity contribution >= 4 is 28.6 Å². The number of fused-ring (bicyclic) bond motifs is 1. The van der Waals surface area contributed by atoms with Gasteiger partial charge in [0.1, 0.15) is 0 Å². The first-order valence-electron chi connectivity index (χ1n) is 5.98. The van der Waals surface area contributed by atoms with Gasteiger partial charge < -0.3 is 4.42 Å². The van der Waals surface area contributed by atoms with Crippen LogP contribution in [0, 0.1) is 0 Å². The lowest BCUT2D eigenvalue weighted by Gasteiger charge is -2.27. The minimum atomic E-state index is -6.24. The van der Waals surface area contributed by atoms with Crippen LogP contribution in [0.2, 0.25) is 0 Å². The lowest BCUT2D eigenvalue weighted by Crippen LogP contribution is -2.51. The molecule has 0 N–H and O–H groups in total. The standard InChI is InChI=1S/C13H5ClF7NO2/c14-13(20,21)12(18,19)11(16,17)8(15)5-9-22-7-4-2-1-3-6(7)10(23)24-9/h1-5H/b8-5-. The second-order valence-corrected chi connectivity index (χ2v) is 4.97. The topological polar surface area (TPSA) is 43.1 Å². The van der Waals surface area contributed by atoms with E-state index < -0.39 is 34.6 Å². The summed E-state index contributed by atoms with van der Waals surface area (Å²) in [6.07, 6.45) is -0.385. The molecule has 1 heterocycles. The number of halogens is 8. The minimum Gasteiger partial charge on any atom is -0.404 e. The number of nitrogens with zero attached hydrogens (tertiary/aromatic N) is 1. The second kappa shape index (κ2) is 5.76. The molecule has 2 rings (SSSR count). The number of para-hydroxylation sites is 1. The van der Waals surface area contributed by atoms with E-state index in [4.69, 9.17) is 0 Å². The lowest BCUT2D eigenvalue weighted by atomic mass is 10.1. The predicted octanol–water partition coefficient (Wildman–Crippen LogP) is 4.60. The summed E-state index contributed by atoms with van der Waals surface area (Å²) in [6.45, 7) is 0. The zero-order valence-corrected chi connectivity index (χ0v) is 11.9. The molecule has 0 fully saturated rings. The molecular formula is C13H5ClF7NO2. The molecule has 0 bridgehead atoms. The molecule has 0 aliphatic carbocycles. The van der Waals surface area contributed by atoms with Gasteiger partial charge in [-0.2, -0.15) is 26.3 Å². The summed E-state index contributed by atoms with van der Waals surface area (Å²) in [5.41, 5.74) is -1.22. The van der Waals surface area contributed by atoms with Crippen molar-refractivity contribution in [2.45, 2.75) is 17.2 Å². The molecule has 0 aliphatic heterocycles. The first-order chi connectivity index (χ1) is 10.9. The molecule has 0 spiro atoms. The van der Waals surface area contributed by atoms with E-state index in [1.807, 2.05) is 0 Å². The van der Waals surface area contributed by atoms with Gasteiger partial charge in [0, 0.05) is 6.08 Å². The summed E-state index contributed by atoms with van der Waals surface area (Å²) in [5, 5.41) is -5.81. The van der Waals surface area contributed by atoms with E-state index in [1.165, 1.54) is 24.3 Å². The molecule has 0 atom stereocenters. The van der Waals surface area contributed by atoms with Crippen LogP contribution in [0.3, 0.4) is 0 Å². The van der Waals surface area contributed by atoms with Gasteiger partial charge in [-0.3, -0.25) is 0 Å². The quantitative estimate of drug-likeness (QED) is 0.579. The van der Waals surface area contributed by atoms with Crippen LogP contribution in [-0.2, 0) is 0 Å². The van der Waals surface area contributed by atoms with Gasteiger partial charge >= 0.3 is 22.9 Å². The smallest absolute Gasteiger partial charge is 0.393 e. The van der Waals surface area contributed by atoms with Crippen molar-refractivity contribution in [2.75, 3.05) is 0 Å². The normalized spacial score (nSPS) is 14.2. The van der Waals surface area contributed by atoms with Crippen LogP contribution >= 0.6 is 11.6 Å².